The normalized spacial score (nSPS) is 10.5. The van der Waals surface area contributed by atoms with Crippen molar-refractivity contribution in [2.45, 2.75) is 6.92 Å². The number of thiazole rings is 1. The number of benzene rings is 1. The van der Waals surface area contributed by atoms with Gasteiger partial charge in [0, 0.05) is 0 Å². The molecule has 2 heterocycles. The molecule has 0 aliphatic heterocycles. The van der Waals surface area contributed by atoms with Gasteiger partial charge in [-0.25, -0.2) is 0 Å². The summed E-state index contributed by atoms with van der Waals surface area (Å²) in [7, 11) is 1.69. The Kier molecular flexibility index (Phi) is 3.36. The molecule has 98 valence electrons. The van der Waals surface area contributed by atoms with Crippen molar-refractivity contribution in [1.82, 2.24) is 4.98 Å². The number of methoxy groups -OCH3 is 1. The van der Waals surface area contributed by atoms with Gasteiger partial charge in [0.15, 0.2) is 0 Å². The molecule has 0 atom stereocenters. The first-order valence-electron chi connectivity index (χ1n) is 6.30. The maximum atomic E-state index is 5.50. The zero-order chi connectivity index (χ0) is 14.1. The molecule has 0 saturated carbocycles. The summed E-state index contributed by atoms with van der Waals surface area (Å²) in [6.07, 6.45) is 0. The Bertz CT molecular complexity index is 798. The molecule has 0 unspecified atom stereocenters. The van der Waals surface area contributed by atoms with Gasteiger partial charge in [-0.1, -0.05) is 0 Å². The van der Waals surface area contributed by atoms with Gasteiger partial charge in [-0.05, 0) is 0 Å². The van der Waals surface area contributed by atoms with Crippen LogP contribution in [0.25, 0.3) is 22.3 Å². The van der Waals surface area contributed by atoms with Gasteiger partial charge in [0.2, 0.25) is 0 Å². The van der Waals surface area contributed by atoms with Crippen molar-refractivity contribution in [3.63, 3.8) is 0 Å². The number of aryl methyl sites for hydroxylation is 1. The summed E-state index contributed by atoms with van der Waals surface area (Å²) in [4.78, 5) is 8.86. The zero-order valence-corrected chi connectivity index (χ0v) is 12.3. The van der Waals surface area contributed by atoms with E-state index < -0.39 is 0 Å². The van der Waals surface area contributed by atoms with E-state index in [0.717, 1.165) is 32.9 Å². The van der Waals surface area contributed by atoms with E-state index in [9.17, 15) is 0 Å². The van der Waals surface area contributed by atoms with Crippen LogP contribution in [0.2, 0.25) is 0 Å². The number of aromatic amines is 1. The molecule has 0 amide bonds. The van der Waals surface area contributed by atoms with E-state index in [1.165, 1.54) is 5.56 Å². The Morgan fingerprint density at radius 3 is 2.90 bits per heavy atom. The first kappa shape index (κ1) is 13.0. The van der Waals surface area contributed by atoms with Gasteiger partial charge < -0.3 is 0 Å². The quantitative estimate of drug-likeness (QED) is 0.687. The number of nitrogens with one attached hydrogen (secondary N) is 1. The minimum atomic E-state index is 0.849. The van der Waals surface area contributed by atoms with E-state index in [1.54, 1.807) is 25.4 Å². The summed E-state index contributed by atoms with van der Waals surface area (Å²) in [5.74, 6) is 0.849. The topological polar surface area (TPSA) is 36.3 Å². The number of ether oxygens (including phenoxy) is 1. The van der Waals surface area contributed by atoms with Crippen molar-refractivity contribution in [3.8, 4) is 17.1 Å². The van der Waals surface area contributed by atoms with Gasteiger partial charge in [-0.2, -0.15) is 0 Å². The number of aromatic nitrogens is 2. The van der Waals surface area contributed by atoms with Gasteiger partial charge in [0.05, 0.1) is 0 Å². The molecule has 3 rings (SSSR count). The Balaban J connectivity index is 2.23. The van der Waals surface area contributed by atoms with E-state index in [2.05, 4.69) is 41.6 Å². The zero-order valence-electron chi connectivity index (χ0n) is 11.4. The second kappa shape index (κ2) is 5.17. The average molecular weight is 281 g/mol. The molecule has 1 aromatic carbocycles. The monoisotopic (exact) mass is 281 g/mol. The number of H-pyrrole nitrogens is 1. The molecule has 0 spiro atoms. The van der Waals surface area contributed by atoms with Gasteiger partial charge in [0.25, 0.3) is 0 Å². The predicted molar refractivity (Wildman–Crippen MR) is 85.4 cm³/mol. The van der Waals surface area contributed by atoms with Crippen LogP contribution in [0.5, 0.6) is 5.75 Å². The molecule has 0 bridgehead atoms. The molecule has 0 aliphatic carbocycles. The fourth-order valence-electron chi connectivity index (χ4n) is 2.18. The van der Waals surface area contributed by atoms with Crippen LogP contribution in [0.4, 0.5) is 0 Å². The molecule has 5 heteroatoms. The van der Waals surface area contributed by atoms with E-state index in [4.69, 9.17) is 4.74 Å². The van der Waals surface area contributed by atoms with Crippen molar-refractivity contribution in [1.29, 1.82) is 0 Å². The summed E-state index contributed by atoms with van der Waals surface area (Å²) in [6.45, 7) is 7.58. The summed E-state index contributed by atoms with van der Waals surface area (Å²) >= 11 is 1.58. The van der Waals surface area contributed by atoms with Gasteiger partial charge >= 0.3 is 122 Å². The first-order valence-corrected chi connectivity index (χ1v) is 7.18. The van der Waals surface area contributed by atoms with Gasteiger partial charge in [-0.3, -0.25) is 0 Å². The van der Waals surface area contributed by atoms with E-state index >= 15 is 0 Å². The molecule has 2 aromatic heterocycles. The third-order valence-electron chi connectivity index (χ3n) is 3.18. The summed E-state index contributed by atoms with van der Waals surface area (Å²) in [5.41, 5.74) is 4.11. The number of rotatable bonds is 3. The van der Waals surface area contributed by atoms with Crippen molar-refractivity contribution in [2.75, 3.05) is 7.11 Å². The van der Waals surface area contributed by atoms with Crippen molar-refractivity contribution in [3.05, 3.63) is 35.2 Å². The van der Waals surface area contributed by atoms with Crippen LogP contribution in [0.15, 0.2) is 29.6 Å². The average Bonchev–Trinajstić information content (AvgIpc) is 2.94. The van der Waals surface area contributed by atoms with Crippen molar-refractivity contribution >= 4 is 40.5 Å². The standard InChI is InChI=1S/C15H13BN2OS/c1-9-4-5-10-11(6-9)17-12(7-14(10)19-3)13-8-20-15(16-2)18-13/h4-8H,2H2,1,3H3/p+1. The fourth-order valence-corrected chi connectivity index (χ4v) is 2.84. The summed E-state index contributed by atoms with van der Waals surface area (Å²) < 4.78 is 5.50. The number of nitrogens with zero attached hydrogens (tertiary/aromatic N) is 1. The molecule has 3 aromatic rings. The third-order valence-corrected chi connectivity index (χ3v) is 4.02. The van der Waals surface area contributed by atoms with Crippen LogP contribution in [-0.4, -0.2) is 25.5 Å². The molecule has 20 heavy (non-hydrogen) atoms. The molecule has 0 fully saturated rings. The molecular weight excluding hydrogens is 267 g/mol. The van der Waals surface area contributed by atoms with Gasteiger partial charge in [-0.15, -0.1) is 0 Å². The molecular formula is C15H14BN2OS+. The van der Waals surface area contributed by atoms with Crippen LogP contribution in [-0.2, 0) is 0 Å². The summed E-state index contributed by atoms with van der Waals surface area (Å²) in [6, 6.07) is 8.25. The molecule has 1 N–H and O–H groups in total. The van der Waals surface area contributed by atoms with Crippen molar-refractivity contribution < 1.29 is 9.72 Å². The Hall–Kier alpha value is -2.01. The molecule has 0 saturated heterocycles. The number of hydrogen-bond donors (Lipinski definition) is 0. The van der Waals surface area contributed by atoms with E-state index in [1.807, 2.05) is 11.4 Å². The number of hydrogen-bond acceptors (Lipinski definition) is 3. The molecule has 0 radical (unpaired) electrons. The van der Waals surface area contributed by atoms with Crippen LogP contribution < -0.4 is 14.6 Å². The third kappa shape index (κ3) is 2.25. The number of fused-ring (bicyclic) bond motifs is 1. The Labute approximate surface area is 122 Å². The van der Waals surface area contributed by atoms with E-state index in [0.29, 0.717) is 0 Å². The second-order valence-electron chi connectivity index (χ2n) is 4.58. The number of pyridine rings is 1. The second-order valence-corrected chi connectivity index (χ2v) is 5.47. The fraction of sp³-hybridized carbons (Fsp3) is 0.133. The van der Waals surface area contributed by atoms with Crippen LogP contribution in [0.3, 0.4) is 0 Å². The van der Waals surface area contributed by atoms with Gasteiger partial charge in [0.1, 0.15) is 0 Å². The van der Waals surface area contributed by atoms with Crippen LogP contribution in [0.1, 0.15) is 5.56 Å². The first-order chi connectivity index (χ1) is 9.71. The van der Waals surface area contributed by atoms with E-state index in [-0.39, 0.29) is 0 Å². The SMILES string of the molecule is C=Bc1nc(-c2cc(OC)c3ccc(C)cc3[nH+]2)cs1. The van der Waals surface area contributed by atoms with Crippen LogP contribution >= 0.6 is 11.3 Å². The summed E-state index contributed by atoms with van der Waals surface area (Å²) in [5, 5.41) is 3.09. The Morgan fingerprint density at radius 1 is 1.35 bits per heavy atom. The molecule has 3 nitrogen and oxygen atoms in total. The minimum absolute atomic E-state index is 0.849. The Morgan fingerprint density at radius 2 is 2.20 bits per heavy atom. The maximum absolute atomic E-state index is 5.50. The van der Waals surface area contributed by atoms with Crippen molar-refractivity contribution in [2.24, 2.45) is 0 Å². The molecule has 0 aliphatic rings. The van der Waals surface area contributed by atoms with Crippen LogP contribution in [0, 0.1) is 6.92 Å². The predicted octanol–water partition coefficient (Wildman–Crippen LogP) is 1.86.